The molecule has 2 aliphatic carbocycles. The van der Waals surface area contributed by atoms with Crippen LogP contribution in [0.1, 0.15) is 70.6 Å². The van der Waals surface area contributed by atoms with E-state index in [0.29, 0.717) is 23.1 Å². The monoisotopic (exact) mass is 678 g/mol. The third-order valence-electron chi connectivity index (χ3n) is 9.66. The summed E-state index contributed by atoms with van der Waals surface area (Å²) in [6.45, 7) is 0.0153. The maximum Gasteiger partial charge on any atom is 0.408 e. The molecule has 3 fully saturated rings. The van der Waals surface area contributed by atoms with Crippen LogP contribution in [-0.2, 0) is 19.1 Å². The molecule has 3 aromatic heterocycles. The lowest BCUT2D eigenvalue weighted by molar-refractivity contribution is -0.145. The van der Waals surface area contributed by atoms with Gasteiger partial charge in [0.1, 0.15) is 40.8 Å². The predicted molar refractivity (Wildman–Crippen MR) is 172 cm³/mol. The Morgan fingerprint density at radius 2 is 1.94 bits per heavy atom. The van der Waals surface area contributed by atoms with E-state index in [2.05, 4.69) is 25.6 Å². The lowest BCUT2D eigenvalue weighted by atomic mass is 10.0. The SMILES string of the molecule is O=C(N[C@H]1CCCCCC=C[C@@H]2C[C@@]2(C(=O)O)NC(=O)[C@@H]2C[C@@H](Oc3nc(-c4ncco4)nc4ccsc34)CN2C1=O)OC1CCCC1. The summed E-state index contributed by atoms with van der Waals surface area (Å²) in [6.07, 6.45) is 12.6. The van der Waals surface area contributed by atoms with Gasteiger partial charge in [0.15, 0.2) is 0 Å². The Morgan fingerprint density at radius 3 is 2.73 bits per heavy atom. The number of nitrogens with one attached hydrogen (secondary N) is 2. The number of allylic oxidation sites excluding steroid dienone is 1. The molecule has 5 atom stereocenters. The van der Waals surface area contributed by atoms with E-state index in [1.54, 1.807) is 0 Å². The molecule has 0 spiro atoms. The number of alkyl carbamates (subject to hydrolysis) is 1. The van der Waals surface area contributed by atoms with Crippen molar-refractivity contribution in [3.8, 4) is 17.6 Å². The van der Waals surface area contributed by atoms with E-state index < -0.39 is 47.6 Å². The summed E-state index contributed by atoms with van der Waals surface area (Å²) in [7, 11) is 0. The molecule has 0 bridgehead atoms. The normalized spacial score (nSPS) is 28.2. The maximum absolute atomic E-state index is 14.3. The number of carboxylic acid groups (broad SMARTS) is 1. The first kappa shape index (κ1) is 32.0. The second-order valence-electron chi connectivity index (χ2n) is 13.0. The first-order valence-electron chi connectivity index (χ1n) is 16.6. The number of carbonyl (C=O) groups excluding carboxylic acids is 3. The van der Waals surface area contributed by atoms with Crippen LogP contribution in [0, 0.1) is 5.92 Å². The molecule has 0 aromatic carbocycles. The first-order chi connectivity index (χ1) is 23.3. The number of hydrogen-bond donors (Lipinski definition) is 3. The van der Waals surface area contributed by atoms with Gasteiger partial charge in [-0.05, 0) is 62.8 Å². The summed E-state index contributed by atoms with van der Waals surface area (Å²) in [4.78, 5) is 68.3. The number of carbonyl (C=O) groups is 4. The highest BCUT2D eigenvalue weighted by atomic mass is 32.1. The Morgan fingerprint density at radius 1 is 1.10 bits per heavy atom. The van der Waals surface area contributed by atoms with E-state index in [0.717, 1.165) is 44.9 Å². The van der Waals surface area contributed by atoms with E-state index >= 15 is 0 Å². The van der Waals surface area contributed by atoms with Crippen molar-refractivity contribution in [3.05, 3.63) is 36.1 Å². The zero-order chi connectivity index (χ0) is 33.3. The molecule has 3 N–H and O–H groups in total. The molecule has 3 aromatic rings. The largest absolute Gasteiger partial charge is 0.479 e. The second-order valence-corrected chi connectivity index (χ2v) is 13.9. The number of carboxylic acids is 1. The topological polar surface area (TPSA) is 186 Å². The van der Waals surface area contributed by atoms with Crippen LogP contribution < -0.4 is 15.4 Å². The van der Waals surface area contributed by atoms with Crippen LogP contribution in [-0.4, -0.2) is 85.2 Å². The van der Waals surface area contributed by atoms with Crippen molar-refractivity contribution < 1.29 is 38.2 Å². The zero-order valence-corrected chi connectivity index (χ0v) is 27.2. The molecule has 0 radical (unpaired) electrons. The van der Waals surface area contributed by atoms with Crippen molar-refractivity contribution in [2.75, 3.05) is 6.54 Å². The number of ether oxygens (including phenoxy) is 2. The van der Waals surface area contributed by atoms with Gasteiger partial charge in [-0.3, -0.25) is 9.59 Å². The summed E-state index contributed by atoms with van der Waals surface area (Å²) in [5.41, 5.74) is -0.814. The van der Waals surface area contributed by atoms with Crippen molar-refractivity contribution in [3.63, 3.8) is 0 Å². The van der Waals surface area contributed by atoms with E-state index in [-0.39, 0.29) is 49.0 Å². The first-order valence-corrected chi connectivity index (χ1v) is 17.5. The van der Waals surface area contributed by atoms with Crippen LogP contribution >= 0.6 is 11.3 Å². The van der Waals surface area contributed by atoms with Crippen molar-refractivity contribution in [1.82, 2.24) is 30.5 Å². The third-order valence-corrected chi connectivity index (χ3v) is 10.6. The van der Waals surface area contributed by atoms with Gasteiger partial charge >= 0.3 is 12.1 Å². The third kappa shape index (κ3) is 6.60. The number of thiophene rings is 1. The van der Waals surface area contributed by atoms with Crippen LogP contribution in [0.15, 0.2) is 40.5 Å². The smallest absolute Gasteiger partial charge is 0.408 e. The average Bonchev–Trinajstić information content (AvgIpc) is 3.71. The van der Waals surface area contributed by atoms with Gasteiger partial charge in [-0.15, -0.1) is 11.3 Å². The lowest BCUT2D eigenvalue weighted by Gasteiger charge is -2.29. The summed E-state index contributed by atoms with van der Waals surface area (Å²) in [5, 5.41) is 17.6. The van der Waals surface area contributed by atoms with Gasteiger partial charge in [-0.25, -0.2) is 19.6 Å². The molecule has 3 amide bonds. The fraction of sp³-hybridized carbons (Fsp3) is 0.545. The Kier molecular flexibility index (Phi) is 9.03. The number of aromatic nitrogens is 3. The Labute approximate surface area is 280 Å². The van der Waals surface area contributed by atoms with Gasteiger partial charge in [0.05, 0.1) is 18.3 Å². The van der Waals surface area contributed by atoms with Gasteiger partial charge < -0.3 is 34.5 Å². The van der Waals surface area contributed by atoms with E-state index in [4.69, 9.17) is 13.9 Å². The van der Waals surface area contributed by atoms with Crippen molar-refractivity contribution >= 4 is 45.4 Å². The molecule has 1 saturated heterocycles. The number of nitrogens with zero attached hydrogens (tertiary/aromatic N) is 4. The van der Waals surface area contributed by atoms with Crippen LogP contribution in [0.4, 0.5) is 4.79 Å². The highest BCUT2D eigenvalue weighted by Crippen LogP contribution is 2.45. The summed E-state index contributed by atoms with van der Waals surface area (Å²) >= 11 is 1.39. The summed E-state index contributed by atoms with van der Waals surface area (Å²) in [6, 6.07) is -0.157. The minimum atomic E-state index is -1.44. The molecule has 0 unspecified atom stereocenters. The number of amides is 3. The molecule has 7 rings (SSSR count). The van der Waals surface area contributed by atoms with Crippen molar-refractivity contribution in [2.24, 2.45) is 5.92 Å². The number of rotatable bonds is 6. The Hall–Kier alpha value is -4.53. The van der Waals surface area contributed by atoms with Gasteiger partial charge in [0.2, 0.25) is 23.5 Å². The fourth-order valence-corrected chi connectivity index (χ4v) is 7.75. The van der Waals surface area contributed by atoms with Gasteiger partial charge in [-0.1, -0.05) is 25.0 Å². The Bertz CT molecular complexity index is 1700. The number of fused-ring (bicyclic) bond motifs is 3. The number of hydrogen-bond acceptors (Lipinski definition) is 11. The summed E-state index contributed by atoms with van der Waals surface area (Å²) < 4.78 is 18.1. The Balaban J connectivity index is 1.17. The molecule has 48 heavy (non-hydrogen) atoms. The van der Waals surface area contributed by atoms with Gasteiger partial charge in [-0.2, -0.15) is 4.98 Å². The van der Waals surface area contributed by atoms with E-state index in [1.807, 2.05) is 23.6 Å². The molecular formula is C33H38N6O8S. The van der Waals surface area contributed by atoms with Crippen molar-refractivity contribution in [1.29, 1.82) is 0 Å². The number of aliphatic carboxylic acids is 1. The quantitative estimate of drug-likeness (QED) is 0.317. The van der Waals surface area contributed by atoms with Crippen molar-refractivity contribution in [2.45, 2.75) is 100 Å². The zero-order valence-electron chi connectivity index (χ0n) is 26.3. The minimum Gasteiger partial charge on any atom is -0.479 e. The van der Waals surface area contributed by atoms with E-state index in [1.165, 1.54) is 28.7 Å². The summed E-state index contributed by atoms with van der Waals surface area (Å²) in [5.74, 6) is -1.79. The van der Waals surface area contributed by atoms with Crippen LogP contribution in [0.25, 0.3) is 21.9 Å². The lowest BCUT2D eigenvalue weighted by Crippen LogP contribution is -2.56. The molecule has 254 valence electrons. The number of oxazole rings is 1. The molecular weight excluding hydrogens is 640 g/mol. The predicted octanol–water partition coefficient (Wildman–Crippen LogP) is 4.21. The maximum atomic E-state index is 14.3. The van der Waals surface area contributed by atoms with Crippen LogP contribution in [0.5, 0.6) is 5.88 Å². The molecule has 4 aliphatic rings. The molecule has 2 saturated carbocycles. The highest BCUT2D eigenvalue weighted by molar-refractivity contribution is 7.17. The van der Waals surface area contributed by atoms with E-state index in [9.17, 15) is 24.3 Å². The minimum absolute atomic E-state index is 0.0153. The average molecular weight is 679 g/mol. The van der Waals surface area contributed by atoms with Gasteiger partial charge in [0, 0.05) is 12.3 Å². The van der Waals surface area contributed by atoms with Crippen LogP contribution in [0.2, 0.25) is 0 Å². The standard InChI is InChI=1S/C33H38N6O8S/c40-27-24-16-21(46-28-25-22(12-15-48-25)35-26(37-28)29-34-13-14-45-29)18-39(24)30(41)23(36-32(44)47-20-9-6-7-10-20)11-5-3-1-2-4-8-19-17-33(19,38-27)31(42)43/h4,8,12-15,19-21,23-24H,1-3,5-7,9-11,16-18H2,(H,36,44)(H,38,40)(H,42,43)/t19-,21-,23+,24+,33-/m1/s1. The molecule has 14 nitrogen and oxygen atoms in total. The fourth-order valence-electron chi connectivity index (χ4n) is 6.98. The molecule has 5 heterocycles. The van der Waals surface area contributed by atoms with Crippen LogP contribution in [0.3, 0.4) is 0 Å². The highest BCUT2D eigenvalue weighted by Gasteiger charge is 2.61. The van der Waals surface area contributed by atoms with Gasteiger partial charge in [0.25, 0.3) is 5.89 Å². The second kappa shape index (κ2) is 13.5. The molecule has 15 heteroatoms. The molecule has 2 aliphatic heterocycles.